The highest BCUT2D eigenvalue weighted by Crippen LogP contribution is 2.38. The van der Waals surface area contributed by atoms with Crippen molar-refractivity contribution in [2.45, 2.75) is 32.6 Å². The second kappa shape index (κ2) is 7.43. The normalized spacial score (nSPS) is 16.3. The van der Waals surface area contributed by atoms with Crippen LogP contribution in [0.25, 0.3) is 0 Å². The van der Waals surface area contributed by atoms with E-state index in [0.717, 1.165) is 0 Å². The van der Waals surface area contributed by atoms with E-state index in [2.05, 4.69) is 9.71 Å². The summed E-state index contributed by atoms with van der Waals surface area (Å²) < 4.78 is 33.5. The monoisotopic (exact) mass is 403 g/mol. The minimum atomic E-state index is -3.76. The van der Waals surface area contributed by atoms with Gasteiger partial charge in [-0.25, -0.2) is 8.42 Å². The van der Waals surface area contributed by atoms with E-state index in [0.29, 0.717) is 23.7 Å². The van der Waals surface area contributed by atoms with Crippen LogP contribution in [0, 0.1) is 11.3 Å². The third-order valence-electron chi connectivity index (χ3n) is 4.41. The molecule has 1 N–H and O–H groups in total. The highest BCUT2D eigenvalue weighted by Gasteiger charge is 2.38. The van der Waals surface area contributed by atoms with Crippen LogP contribution in [0.5, 0.6) is 5.75 Å². The van der Waals surface area contributed by atoms with Gasteiger partial charge in [0.05, 0.1) is 16.8 Å². The van der Waals surface area contributed by atoms with Gasteiger partial charge in [-0.1, -0.05) is 13.8 Å². The fourth-order valence-corrected chi connectivity index (χ4v) is 3.99. The number of nitrogens with one attached hydrogen (secondary N) is 1. The van der Waals surface area contributed by atoms with E-state index in [9.17, 15) is 13.2 Å². The predicted octanol–water partition coefficient (Wildman–Crippen LogP) is 3.29. The number of carbonyl (C=O) groups excluding carboxylic acids is 1. The molecule has 0 saturated heterocycles. The van der Waals surface area contributed by atoms with Crippen molar-refractivity contribution in [3.05, 3.63) is 42.7 Å². The number of sulfonamides is 1. The molecule has 1 aliphatic heterocycles. The van der Waals surface area contributed by atoms with Gasteiger partial charge in [0.1, 0.15) is 17.3 Å². The Morgan fingerprint density at radius 2 is 2.04 bits per heavy atom. The second-order valence-corrected chi connectivity index (χ2v) is 9.64. The number of amides is 1. The van der Waals surface area contributed by atoms with Gasteiger partial charge in [-0.3, -0.25) is 14.5 Å². The molecule has 0 bridgehead atoms. The standard InChI is InChI=1S/C20H25N3O4S/c1-14(2)12-23-17-8-7-15(10-18(17)27-13-20(3,4)19(23)24)22-28(25,26)16-6-5-9-21-11-16/h5-11,14,22H,12-13H2,1-4H3. The molecule has 7 nitrogen and oxygen atoms in total. The lowest BCUT2D eigenvalue weighted by Gasteiger charge is -2.29. The fourth-order valence-electron chi connectivity index (χ4n) is 2.98. The highest BCUT2D eigenvalue weighted by atomic mass is 32.2. The molecule has 28 heavy (non-hydrogen) atoms. The third kappa shape index (κ3) is 4.11. The van der Waals surface area contributed by atoms with Crippen molar-refractivity contribution < 1.29 is 17.9 Å². The van der Waals surface area contributed by atoms with E-state index in [1.807, 2.05) is 27.7 Å². The maximum absolute atomic E-state index is 13.0. The number of anilines is 2. The number of fused-ring (bicyclic) bond motifs is 1. The minimum absolute atomic E-state index is 0.0105. The van der Waals surface area contributed by atoms with Crippen LogP contribution >= 0.6 is 0 Å². The lowest BCUT2D eigenvalue weighted by molar-refractivity contribution is -0.127. The quantitative estimate of drug-likeness (QED) is 0.828. The van der Waals surface area contributed by atoms with Crippen LogP contribution in [0.1, 0.15) is 27.7 Å². The average Bonchev–Trinajstić information content (AvgIpc) is 2.72. The fraction of sp³-hybridized carbons (Fsp3) is 0.400. The first-order chi connectivity index (χ1) is 13.1. The number of pyridine rings is 1. The van der Waals surface area contributed by atoms with E-state index in [-0.39, 0.29) is 23.3 Å². The maximum atomic E-state index is 13.0. The van der Waals surface area contributed by atoms with Crippen LogP contribution in [0.4, 0.5) is 11.4 Å². The number of hydrogen-bond acceptors (Lipinski definition) is 5. The highest BCUT2D eigenvalue weighted by molar-refractivity contribution is 7.92. The summed E-state index contributed by atoms with van der Waals surface area (Å²) in [4.78, 5) is 18.6. The van der Waals surface area contributed by atoms with Crippen molar-refractivity contribution in [1.82, 2.24) is 4.98 Å². The van der Waals surface area contributed by atoms with Gasteiger partial charge in [0.25, 0.3) is 10.0 Å². The molecule has 0 unspecified atom stereocenters. The van der Waals surface area contributed by atoms with Gasteiger partial charge in [0.2, 0.25) is 5.91 Å². The first-order valence-corrected chi connectivity index (χ1v) is 10.6. The van der Waals surface area contributed by atoms with Crippen LogP contribution in [0.2, 0.25) is 0 Å². The summed E-state index contributed by atoms with van der Waals surface area (Å²) >= 11 is 0. The van der Waals surface area contributed by atoms with Gasteiger partial charge < -0.3 is 9.64 Å². The van der Waals surface area contributed by atoms with Gasteiger partial charge in [0, 0.05) is 25.0 Å². The van der Waals surface area contributed by atoms with Crippen molar-refractivity contribution in [3.63, 3.8) is 0 Å². The molecule has 0 saturated carbocycles. The average molecular weight is 404 g/mol. The summed E-state index contributed by atoms with van der Waals surface area (Å²) in [6.07, 6.45) is 2.80. The summed E-state index contributed by atoms with van der Waals surface area (Å²) in [5.41, 5.74) is 0.330. The first kappa shape index (κ1) is 20.1. The van der Waals surface area contributed by atoms with Crippen molar-refractivity contribution in [3.8, 4) is 5.75 Å². The summed E-state index contributed by atoms with van der Waals surface area (Å²) in [5, 5.41) is 0. The zero-order chi connectivity index (χ0) is 20.5. The van der Waals surface area contributed by atoms with E-state index in [4.69, 9.17) is 4.74 Å². The van der Waals surface area contributed by atoms with Gasteiger partial charge in [0.15, 0.2) is 0 Å². The topological polar surface area (TPSA) is 88.6 Å². The zero-order valence-corrected chi connectivity index (χ0v) is 17.3. The van der Waals surface area contributed by atoms with Crippen molar-refractivity contribution >= 4 is 27.3 Å². The molecule has 1 amide bonds. The molecule has 0 spiro atoms. The number of benzene rings is 1. The Bertz CT molecular complexity index is 972. The molecule has 0 fully saturated rings. The Kier molecular flexibility index (Phi) is 5.34. The Labute approximate surface area is 165 Å². The second-order valence-electron chi connectivity index (χ2n) is 7.96. The number of hydrogen-bond donors (Lipinski definition) is 1. The van der Waals surface area contributed by atoms with E-state index >= 15 is 0 Å². The molecular weight excluding hydrogens is 378 g/mol. The number of nitrogens with zero attached hydrogens (tertiary/aromatic N) is 2. The van der Waals surface area contributed by atoms with Crippen molar-refractivity contribution in [2.75, 3.05) is 22.8 Å². The Balaban J connectivity index is 1.96. The molecular formula is C20H25N3O4S. The van der Waals surface area contributed by atoms with Gasteiger partial charge >= 0.3 is 0 Å². The molecule has 2 aromatic rings. The smallest absolute Gasteiger partial charge is 0.263 e. The molecule has 0 aliphatic carbocycles. The number of aromatic nitrogens is 1. The van der Waals surface area contributed by atoms with E-state index < -0.39 is 15.4 Å². The molecule has 2 heterocycles. The molecule has 1 aliphatic rings. The zero-order valence-electron chi connectivity index (χ0n) is 16.5. The molecule has 150 valence electrons. The van der Waals surface area contributed by atoms with Crippen LogP contribution in [0.15, 0.2) is 47.6 Å². The van der Waals surface area contributed by atoms with Gasteiger partial charge in [-0.2, -0.15) is 0 Å². The molecule has 1 aromatic carbocycles. The van der Waals surface area contributed by atoms with E-state index in [1.54, 1.807) is 29.2 Å². The largest absolute Gasteiger partial charge is 0.490 e. The third-order valence-corrected chi connectivity index (χ3v) is 5.77. The molecule has 8 heteroatoms. The Hall–Kier alpha value is -2.61. The number of ether oxygens (including phenoxy) is 1. The summed E-state index contributed by atoms with van der Waals surface area (Å²) in [5.74, 6) is 0.740. The lowest BCUT2D eigenvalue weighted by atomic mass is 9.92. The van der Waals surface area contributed by atoms with Gasteiger partial charge in [-0.05, 0) is 44.0 Å². The predicted molar refractivity (Wildman–Crippen MR) is 108 cm³/mol. The summed E-state index contributed by atoms with van der Waals surface area (Å²) in [7, 11) is -3.76. The molecule has 0 radical (unpaired) electrons. The summed E-state index contributed by atoms with van der Waals surface area (Å²) in [6, 6.07) is 8.01. The molecule has 0 atom stereocenters. The molecule has 3 rings (SSSR count). The van der Waals surface area contributed by atoms with Crippen LogP contribution < -0.4 is 14.4 Å². The van der Waals surface area contributed by atoms with Gasteiger partial charge in [-0.15, -0.1) is 0 Å². The summed E-state index contributed by atoms with van der Waals surface area (Å²) in [6.45, 7) is 8.55. The van der Waals surface area contributed by atoms with Crippen LogP contribution in [0.3, 0.4) is 0 Å². The Morgan fingerprint density at radius 3 is 2.68 bits per heavy atom. The van der Waals surface area contributed by atoms with Crippen molar-refractivity contribution in [1.29, 1.82) is 0 Å². The van der Waals surface area contributed by atoms with E-state index in [1.165, 1.54) is 18.5 Å². The number of rotatable bonds is 5. The Morgan fingerprint density at radius 1 is 1.29 bits per heavy atom. The maximum Gasteiger partial charge on any atom is 0.263 e. The number of carbonyl (C=O) groups is 1. The first-order valence-electron chi connectivity index (χ1n) is 9.12. The SMILES string of the molecule is CC(C)CN1C(=O)C(C)(C)COc2cc(NS(=O)(=O)c3cccnc3)ccc21. The molecule has 1 aromatic heterocycles. The minimum Gasteiger partial charge on any atom is -0.490 e. The van der Waals surface area contributed by atoms with Crippen LogP contribution in [-0.2, 0) is 14.8 Å². The van der Waals surface area contributed by atoms with Crippen molar-refractivity contribution in [2.24, 2.45) is 11.3 Å². The lowest BCUT2D eigenvalue weighted by Crippen LogP contribution is -2.43. The van der Waals surface area contributed by atoms with Crippen LogP contribution in [-0.4, -0.2) is 32.5 Å².